The summed E-state index contributed by atoms with van der Waals surface area (Å²) in [6, 6.07) is 16.8. The van der Waals surface area contributed by atoms with Crippen molar-refractivity contribution in [1.82, 2.24) is 5.43 Å². The van der Waals surface area contributed by atoms with Crippen molar-refractivity contribution < 1.29 is 4.79 Å². The molecule has 0 atom stereocenters. The number of rotatable bonds is 8. The summed E-state index contributed by atoms with van der Waals surface area (Å²) >= 11 is 5.83. The van der Waals surface area contributed by atoms with Crippen LogP contribution >= 0.6 is 11.6 Å². The Hall–Kier alpha value is -2.39. The topological polar surface area (TPSA) is 41.5 Å². The highest BCUT2D eigenvalue weighted by atomic mass is 35.5. The van der Waals surface area contributed by atoms with Crippen LogP contribution in [0, 0.1) is 0 Å². The predicted molar refractivity (Wildman–Crippen MR) is 106 cm³/mol. The van der Waals surface area contributed by atoms with Gasteiger partial charge in [0.05, 0.1) is 6.21 Å². The van der Waals surface area contributed by atoms with Crippen LogP contribution in [-0.2, 0) is 0 Å². The Bertz CT molecular complexity index is 721. The summed E-state index contributed by atoms with van der Waals surface area (Å²) in [5, 5.41) is 4.72. The molecule has 0 bridgehead atoms. The molecule has 0 heterocycles. The van der Waals surface area contributed by atoms with Gasteiger partial charge in [-0.25, -0.2) is 5.43 Å². The molecule has 0 saturated carbocycles. The average molecular weight is 355 g/mol. The number of allylic oxidation sites excluding steroid dienone is 1. The second-order valence-electron chi connectivity index (χ2n) is 5.79. The molecule has 25 heavy (non-hydrogen) atoms. The van der Waals surface area contributed by atoms with E-state index in [1.165, 1.54) is 12.8 Å². The fourth-order valence-electron chi connectivity index (χ4n) is 2.36. The van der Waals surface area contributed by atoms with E-state index in [4.69, 9.17) is 11.6 Å². The number of amides is 1. The fourth-order valence-corrected chi connectivity index (χ4v) is 2.48. The average Bonchev–Trinajstić information content (AvgIpc) is 2.63. The Morgan fingerprint density at radius 3 is 2.48 bits per heavy atom. The van der Waals surface area contributed by atoms with Gasteiger partial charge in [0.2, 0.25) is 0 Å². The van der Waals surface area contributed by atoms with Gasteiger partial charge in [-0.3, -0.25) is 4.79 Å². The zero-order chi connectivity index (χ0) is 17.9. The minimum absolute atomic E-state index is 0.250. The van der Waals surface area contributed by atoms with Crippen molar-refractivity contribution in [3.63, 3.8) is 0 Å². The lowest BCUT2D eigenvalue weighted by molar-refractivity contribution is 0.0955. The first-order chi connectivity index (χ1) is 12.2. The van der Waals surface area contributed by atoms with Gasteiger partial charge in [-0.1, -0.05) is 67.8 Å². The van der Waals surface area contributed by atoms with Crippen LogP contribution in [0.3, 0.4) is 0 Å². The molecule has 4 heteroatoms. The van der Waals surface area contributed by atoms with Gasteiger partial charge in [0.15, 0.2) is 0 Å². The Morgan fingerprint density at radius 2 is 1.80 bits per heavy atom. The van der Waals surface area contributed by atoms with Crippen LogP contribution in [-0.4, -0.2) is 12.1 Å². The molecule has 0 aromatic heterocycles. The number of hydrazone groups is 1. The molecule has 0 aliphatic rings. The highest BCUT2D eigenvalue weighted by Crippen LogP contribution is 2.13. The second kappa shape index (κ2) is 10.5. The van der Waals surface area contributed by atoms with Crippen LogP contribution in [0.15, 0.2) is 65.3 Å². The molecule has 130 valence electrons. The number of nitrogens with zero attached hydrogens (tertiary/aromatic N) is 1. The first-order valence-corrected chi connectivity index (χ1v) is 8.91. The number of nitrogens with one attached hydrogen (secondary N) is 1. The molecule has 3 nitrogen and oxygen atoms in total. The van der Waals surface area contributed by atoms with E-state index in [1.807, 2.05) is 18.2 Å². The van der Waals surface area contributed by atoms with Crippen molar-refractivity contribution in [1.29, 1.82) is 0 Å². The van der Waals surface area contributed by atoms with Crippen molar-refractivity contribution in [2.75, 3.05) is 0 Å². The minimum Gasteiger partial charge on any atom is -0.267 e. The predicted octanol–water partition coefficient (Wildman–Crippen LogP) is 5.72. The third-order valence-corrected chi connectivity index (χ3v) is 3.98. The van der Waals surface area contributed by atoms with E-state index >= 15 is 0 Å². The van der Waals surface area contributed by atoms with Crippen LogP contribution in [0.4, 0.5) is 0 Å². The van der Waals surface area contributed by atoms with Crippen molar-refractivity contribution in [2.24, 2.45) is 5.10 Å². The number of benzene rings is 2. The van der Waals surface area contributed by atoms with E-state index in [-0.39, 0.29) is 5.91 Å². The maximum Gasteiger partial charge on any atom is 0.271 e. The number of carbonyl (C=O) groups is 1. The fraction of sp³-hybridized carbons (Fsp3) is 0.238. The molecule has 0 aliphatic heterocycles. The van der Waals surface area contributed by atoms with Crippen LogP contribution in [0.2, 0.25) is 5.02 Å². The first kappa shape index (κ1) is 18.9. The largest absolute Gasteiger partial charge is 0.271 e. The highest BCUT2D eigenvalue weighted by molar-refractivity contribution is 6.30. The molecule has 0 fully saturated rings. The summed E-state index contributed by atoms with van der Waals surface area (Å²) in [4.78, 5) is 12.1. The second-order valence-corrected chi connectivity index (χ2v) is 6.23. The maximum absolute atomic E-state index is 12.1. The zero-order valence-corrected chi connectivity index (χ0v) is 15.2. The van der Waals surface area contributed by atoms with E-state index in [0.717, 1.165) is 24.0 Å². The standard InChI is InChI=1S/C21H23ClN2O/c1-2-3-5-10-18(15-17-8-6-4-7-9-17)16-23-24-21(25)19-11-13-20(22)14-12-19/h4,6-9,11-16H,2-3,5,10H2,1H3,(H,24,25)/b18-15+,23-16-. The smallest absolute Gasteiger partial charge is 0.267 e. The van der Waals surface area contributed by atoms with Crippen molar-refractivity contribution in [2.45, 2.75) is 32.6 Å². The SMILES string of the molecule is CCCCCC(/C=N\NC(=O)c1ccc(Cl)cc1)=C\c1ccccc1. The molecule has 0 unspecified atom stereocenters. The number of unbranched alkanes of at least 4 members (excludes halogenated alkanes) is 2. The number of hydrogen-bond acceptors (Lipinski definition) is 2. The van der Waals surface area contributed by atoms with Gasteiger partial charge < -0.3 is 0 Å². The van der Waals surface area contributed by atoms with Crippen LogP contribution in [0.25, 0.3) is 6.08 Å². The number of carbonyl (C=O) groups excluding carboxylic acids is 1. The highest BCUT2D eigenvalue weighted by Gasteiger charge is 2.03. The lowest BCUT2D eigenvalue weighted by Crippen LogP contribution is -2.17. The molecular weight excluding hydrogens is 332 g/mol. The Morgan fingerprint density at radius 1 is 1.08 bits per heavy atom. The summed E-state index contributed by atoms with van der Waals surface area (Å²) in [6.45, 7) is 2.18. The molecule has 2 aromatic rings. The Balaban J connectivity index is 2.02. The summed E-state index contributed by atoms with van der Waals surface area (Å²) < 4.78 is 0. The zero-order valence-electron chi connectivity index (χ0n) is 14.4. The monoisotopic (exact) mass is 354 g/mol. The van der Waals surface area contributed by atoms with Gasteiger partial charge in [-0.2, -0.15) is 5.10 Å². The Kier molecular flexibility index (Phi) is 7.93. The molecule has 2 aromatic carbocycles. The molecule has 0 aliphatic carbocycles. The Labute approximate surface area is 154 Å². The lowest BCUT2D eigenvalue weighted by Gasteiger charge is -2.03. The van der Waals surface area contributed by atoms with E-state index < -0.39 is 0 Å². The van der Waals surface area contributed by atoms with Crippen LogP contribution < -0.4 is 5.43 Å². The van der Waals surface area contributed by atoms with Gasteiger partial charge in [0.25, 0.3) is 5.91 Å². The van der Waals surface area contributed by atoms with Gasteiger partial charge in [0.1, 0.15) is 0 Å². The van der Waals surface area contributed by atoms with E-state index in [9.17, 15) is 4.79 Å². The molecule has 0 radical (unpaired) electrons. The summed E-state index contributed by atoms with van der Waals surface area (Å²) in [5.41, 5.74) is 5.32. The van der Waals surface area contributed by atoms with Gasteiger partial charge in [-0.05, 0) is 48.2 Å². The van der Waals surface area contributed by atoms with Crippen molar-refractivity contribution in [3.8, 4) is 0 Å². The summed E-state index contributed by atoms with van der Waals surface area (Å²) in [5.74, 6) is -0.250. The van der Waals surface area contributed by atoms with Crippen molar-refractivity contribution >= 4 is 29.8 Å². The molecule has 1 N–H and O–H groups in total. The van der Waals surface area contributed by atoms with E-state index in [1.54, 1.807) is 30.5 Å². The third-order valence-electron chi connectivity index (χ3n) is 3.72. The van der Waals surface area contributed by atoms with E-state index in [0.29, 0.717) is 10.6 Å². The molecule has 0 spiro atoms. The molecule has 1 amide bonds. The number of halogens is 1. The molecular formula is C21H23ClN2O. The quantitative estimate of drug-likeness (QED) is 0.367. The van der Waals surface area contributed by atoms with Crippen LogP contribution in [0.1, 0.15) is 48.5 Å². The number of hydrogen-bond donors (Lipinski definition) is 1. The first-order valence-electron chi connectivity index (χ1n) is 8.53. The third kappa shape index (κ3) is 6.94. The van der Waals surface area contributed by atoms with Gasteiger partial charge in [0, 0.05) is 10.6 Å². The molecule has 2 rings (SSSR count). The van der Waals surface area contributed by atoms with Gasteiger partial charge in [-0.15, -0.1) is 0 Å². The van der Waals surface area contributed by atoms with Gasteiger partial charge >= 0.3 is 0 Å². The van der Waals surface area contributed by atoms with Crippen LogP contribution in [0.5, 0.6) is 0 Å². The minimum atomic E-state index is -0.250. The molecule has 0 saturated heterocycles. The summed E-state index contributed by atoms with van der Waals surface area (Å²) in [6.07, 6.45) is 8.22. The van der Waals surface area contributed by atoms with E-state index in [2.05, 4.69) is 35.7 Å². The maximum atomic E-state index is 12.1. The summed E-state index contributed by atoms with van der Waals surface area (Å²) in [7, 11) is 0. The normalized spacial score (nSPS) is 11.7. The lowest BCUT2D eigenvalue weighted by atomic mass is 10.1. The van der Waals surface area contributed by atoms with Crippen molar-refractivity contribution in [3.05, 3.63) is 76.3 Å².